The van der Waals surface area contributed by atoms with Crippen LogP contribution in [0, 0.1) is 11.3 Å². The Morgan fingerprint density at radius 1 is 1.00 bits per heavy atom. The third kappa shape index (κ3) is 4.83. The van der Waals surface area contributed by atoms with E-state index in [1.165, 1.54) is 0 Å². The van der Waals surface area contributed by atoms with Crippen molar-refractivity contribution >= 4 is 0 Å². The second-order valence-electron chi connectivity index (χ2n) is 4.49. The van der Waals surface area contributed by atoms with Crippen LogP contribution in [-0.4, -0.2) is 19.7 Å². The maximum atomic E-state index is 8.82. The number of nitrogens with one attached hydrogen (secondary N) is 1. The highest BCUT2D eigenvalue weighted by Crippen LogP contribution is 2.23. The fraction of sp³-hybridized carbons (Fsp3) is 0.235. The van der Waals surface area contributed by atoms with Gasteiger partial charge < -0.3 is 14.8 Å². The number of nitrogens with zero attached hydrogens (tertiary/aromatic N) is 1. The van der Waals surface area contributed by atoms with Crippen molar-refractivity contribution in [3.8, 4) is 23.3 Å². The standard InChI is InChI=1S/C17H18N2O2/c1-19-14(13-18)11-12-20-15-7-9-17(10-8-15)21-16-5-3-2-4-6-16/h2-10,14,19H,11-12H2,1H3. The van der Waals surface area contributed by atoms with Crippen LogP contribution in [0.3, 0.4) is 0 Å². The first-order valence-corrected chi connectivity index (χ1v) is 6.84. The molecule has 0 radical (unpaired) electrons. The van der Waals surface area contributed by atoms with E-state index in [-0.39, 0.29) is 6.04 Å². The van der Waals surface area contributed by atoms with Gasteiger partial charge in [-0.25, -0.2) is 0 Å². The predicted octanol–water partition coefficient (Wildman–Crippen LogP) is 3.36. The van der Waals surface area contributed by atoms with E-state index in [1.807, 2.05) is 54.6 Å². The molecule has 4 nitrogen and oxygen atoms in total. The van der Waals surface area contributed by atoms with Gasteiger partial charge in [-0.05, 0) is 43.4 Å². The largest absolute Gasteiger partial charge is 0.493 e. The Labute approximate surface area is 124 Å². The van der Waals surface area contributed by atoms with Crippen molar-refractivity contribution in [3.63, 3.8) is 0 Å². The van der Waals surface area contributed by atoms with Gasteiger partial charge in [-0.2, -0.15) is 5.26 Å². The van der Waals surface area contributed by atoms with Gasteiger partial charge in [0, 0.05) is 6.42 Å². The molecule has 1 N–H and O–H groups in total. The lowest BCUT2D eigenvalue weighted by Crippen LogP contribution is -2.25. The molecule has 0 fully saturated rings. The van der Waals surface area contributed by atoms with Crippen LogP contribution in [0.15, 0.2) is 54.6 Å². The smallest absolute Gasteiger partial charge is 0.127 e. The average Bonchev–Trinajstić information content (AvgIpc) is 2.54. The number of hydrogen-bond acceptors (Lipinski definition) is 4. The van der Waals surface area contributed by atoms with Crippen molar-refractivity contribution in [2.45, 2.75) is 12.5 Å². The SMILES string of the molecule is CNC(C#N)CCOc1ccc(Oc2ccccc2)cc1. The summed E-state index contributed by atoms with van der Waals surface area (Å²) in [6.45, 7) is 0.498. The molecule has 0 aliphatic carbocycles. The van der Waals surface area contributed by atoms with Crippen LogP contribution in [-0.2, 0) is 0 Å². The van der Waals surface area contributed by atoms with Crippen molar-refractivity contribution < 1.29 is 9.47 Å². The van der Waals surface area contributed by atoms with Gasteiger partial charge >= 0.3 is 0 Å². The summed E-state index contributed by atoms with van der Waals surface area (Å²) in [5.41, 5.74) is 0. The fourth-order valence-electron chi connectivity index (χ4n) is 1.80. The Balaban J connectivity index is 1.83. The lowest BCUT2D eigenvalue weighted by atomic mass is 10.2. The normalized spacial score (nSPS) is 11.4. The van der Waals surface area contributed by atoms with Crippen molar-refractivity contribution in [1.82, 2.24) is 5.32 Å². The first-order valence-electron chi connectivity index (χ1n) is 6.84. The topological polar surface area (TPSA) is 54.3 Å². The minimum Gasteiger partial charge on any atom is -0.493 e. The third-order valence-corrected chi connectivity index (χ3v) is 2.98. The van der Waals surface area contributed by atoms with Gasteiger partial charge in [0.2, 0.25) is 0 Å². The van der Waals surface area contributed by atoms with E-state index in [9.17, 15) is 0 Å². The summed E-state index contributed by atoms with van der Waals surface area (Å²) >= 11 is 0. The molecule has 2 aromatic rings. The van der Waals surface area contributed by atoms with Crippen LogP contribution < -0.4 is 14.8 Å². The lowest BCUT2D eigenvalue weighted by molar-refractivity contribution is 0.300. The van der Waals surface area contributed by atoms with Crippen molar-refractivity contribution in [2.24, 2.45) is 0 Å². The van der Waals surface area contributed by atoms with Gasteiger partial charge in [-0.3, -0.25) is 0 Å². The van der Waals surface area contributed by atoms with E-state index < -0.39 is 0 Å². The zero-order valence-electron chi connectivity index (χ0n) is 12.0. The molecule has 0 heterocycles. The third-order valence-electron chi connectivity index (χ3n) is 2.98. The lowest BCUT2D eigenvalue weighted by Gasteiger charge is -2.10. The zero-order valence-corrected chi connectivity index (χ0v) is 12.0. The molecule has 4 heteroatoms. The highest BCUT2D eigenvalue weighted by molar-refractivity contribution is 5.35. The minimum absolute atomic E-state index is 0.175. The molecule has 0 bridgehead atoms. The molecule has 0 aliphatic heterocycles. The number of hydrogen-bond donors (Lipinski definition) is 1. The van der Waals surface area contributed by atoms with Gasteiger partial charge in [0.1, 0.15) is 17.2 Å². The monoisotopic (exact) mass is 282 g/mol. The molecule has 21 heavy (non-hydrogen) atoms. The second-order valence-corrected chi connectivity index (χ2v) is 4.49. The van der Waals surface area contributed by atoms with Gasteiger partial charge in [-0.15, -0.1) is 0 Å². The van der Waals surface area contributed by atoms with Crippen LogP contribution in [0.5, 0.6) is 17.2 Å². The Morgan fingerprint density at radius 3 is 2.24 bits per heavy atom. The zero-order chi connectivity index (χ0) is 14.9. The first-order chi connectivity index (χ1) is 10.3. The Kier molecular flexibility index (Phi) is 5.62. The predicted molar refractivity (Wildman–Crippen MR) is 81.5 cm³/mol. The number of rotatable bonds is 7. The Hall–Kier alpha value is -2.51. The number of nitriles is 1. The van der Waals surface area contributed by atoms with E-state index in [0.717, 1.165) is 17.2 Å². The number of para-hydroxylation sites is 1. The van der Waals surface area contributed by atoms with Crippen molar-refractivity contribution in [1.29, 1.82) is 5.26 Å². The Morgan fingerprint density at radius 2 is 1.62 bits per heavy atom. The number of benzene rings is 2. The summed E-state index contributed by atoms with van der Waals surface area (Å²) in [7, 11) is 1.77. The van der Waals surface area contributed by atoms with Crippen LogP contribution in [0.25, 0.3) is 0 Å². The van der Waals surface area contributed by atoms with Crippen LogP contribution in [0.1, 0.15) is 6.42 Å². The summed E-state index contributed by atoms with van der Waals surface area (Å²) in [5, 5.41) is 11.7. The van der Waals surface area contributed by atoms with E-state index in [1.54, 1.807) is 7.05 Å². The molecule has 2 rings (SSSR count). The maximum absolute atomic E-state index is 8.82. The van der Waals surface area contributed by atoms with Crippen LogP contribution >= 0.6 is 0 Å². The summed E-state index contributed by atoms with van der Waals surface area (Å²) in [6, 6.07) is 19.1. The van der Waals surface area contributed by atoms with Crippen molar-refractivity contribution in [2.75, 3.05) is 13.7 Å². The van der Waals surface area contributed by atoms with E-state index >= 15 is 0 Å². The fourth-order valence-corrected chi connectivity index (χ4v) is 1.80. The second kappa shape index (κ2) is 7.93. The summed E-state index contributed by atoms with van der Waals surface area (Å²) in [5.74, 6) is 2.33. The molecule has 0 aliphatic rings. The molecule has 0 saturated carbocycles. The van der Waals surface area contributed by atoms with Crippen LogP contribution in [0.4, 0.5) is 0 Å². The van der Waals surface area contributed by atoms with Gasteiger partial charge in [-0.1, -0.05) is 18.2 Å². The first kappa shape index (κ1) is 14.9. The van der Waals surface area contributed by atoms with Crippen LogP contribution in [0.2, 0.25) is 0 Å². The molecule has 1 unspecified atom stereocenters. The van der Waals surface area contributed by atoms with Gasteiger partial charge in [0.15, 0.2) is 0 Å². The molecular weight excluding hydrogens is 264 g/mol. The summed E-state index contributed by atoms with van der Waals surface area (Å²) in [6.07, 6.45) is 0.648. The van der Waals surface area contributed by atoms with E-state index in [0.29, 0.717) is 13.0 Å². The molecule has 2 aromatic carbocycles. The molecule has 0 aromatic heterocycles. The Bertz CT molecular complexity index is 576. The highest BCUT2D eigenvalue weighted by atomic mass is 16.5. The minimum atomic E-state index is -0.175. The van der Waals surface area contributed by atoms with Gasteiger partial charge in [0.25, 0.3) is 0 Å². The molecule has 1 atom stereocenters. The maximum Gasteiger partial charge on any atom is 0.127 e. The van der Waals surface area contributed by atoms with E-state index in [2.05, 4.69) is 11.4 Å². The molecule has 0 spiro atoms. The highest BCUT2D eigenvalue weighted by Gasteiger charge is 2.04. The quantitative estimate of drug-likeness (QED) is 0.846. The molecule has 0 saturated heterocycles. The number of ether oxygens (including phenoxy) is 2. The molecule has 108 valence electrons. The van der Waals surface area contributed by atoms with Gasteiger partial charge in [0.05, 0.1) is 18.7 Å². The average molecular weight is 282 g/mol. The molecular formula is C17H18N2O2. The molecule has 0 amide bonds. The summed E-state index contributed by atoms with van der Waals surface area (Å²) < 4.78 is 11.3. The summed E-state index contributed by atoms with van der Waals surface area (Å²) in [4.78, 5) is 0. The van der Waals surface area contributed by atoms with Crippen molar-refractivity contribution in [3.05, 3.63) is 54.6 Å². The van der Waals surface area contributed by atoms with E-state index in [4.69, 9.17) is 14.7 Å².